The molecule has 0 unspecified atom stereocenters. The van der Waals surface area contributed by atoms with Crippen LogP contribution < -0.4 is 5.32 Å². The molecule has 0 fully saturated rings. The minimum absolute atomic E-state index is 0.109. The van der Waals surface area contributed by atoms with Crippen LogP contribution in [0.3, 0.4) is 0 Å². The zero-order chi connectivity index (χ0) is 12.0. The van der Waals surface area contributed by atoms with Crippen molar-refractivity contribution < 1.29 is 9.90 Å². The van der Waals surface area contributed by atoms with E-state index in [1.54, 1.807) is 0 Å². The van der Waals surface area contributed by atoms with E-state index in [9.17, 15) is 9.90 Å². The van der Waals surface area contributed by atoms with Crippen molar-refractivity contribution >= 4 is 17.5 Å². The molecule has 0 heterocycles. The normalized spacial score (nSPS) is 9.50. The van der Waals surface area contributed by atoms with E-state index >= 15 is 0 Å². The first-order valence-corrected chi connectivity index (χ1v) is 5.16. The lowest BCUT2D eigenvalue weighted by atomic mass is 10.2. The third-order valence-corrected chi connectivity index (χ3v) is 2.19. The quantitative estimate of drug-likeness (QED) is 0.789. The van der Waals surface area contributed by atoms with Crippen LogP contribution in [-0.2, 0) is 0 Å². The van der Waals surface area contributed by atoms with Gasteiger partial charge in [0.1, 0.15) is 5.75 Å². The Bertz CT molecular complexity index is 426. The van der Waals surface area contributed by atoms with Crippen LogP contribution >= 0.6 is 11.6 Å². The van der Waals surface area contributed by atoms with E-state index in [2.05, 4.69) is 5.32 Å². The lowest BCUT2D eigenvalue weighted by Gasteiger charge is -2.06. The second-order valence-corrected chi connectivity index (χ2v) is 3.62. The lowest BCUT2D eigenvalue weighted by molar-refractivity contribution is 0.0950. The summed E-state index contributed by atoms with van der Waals surface area (Å²) in [6.45, 7) is 0.401. The van der Waals surface area contributed by atoms with Gasteiger partial charge < -0.3 is 10.4 Å². The predicted octanol–water partition coefficient (Wildman–Crippen LogP) is 2.08. The molecule has 1 rings (SSSR count). The van der Waals surface area contributed by atoms with Crippen LogP contribution in [0.4, 0.5) is 0 Å². The summed E-state index contributed by atoms with van der Waals surface area (Å²) in [5, 5.41) is 20.7. The van der Waals surface area contributed by atoms with Crippen LogP contribution in [0.15, 0.2) is 18.2 Å². The number of carbonyl (C=O) groups excluding carboxylic acids is 1. The number of nitriles is 1. The van der Waals surface area contributed by atoms with Gasteiger partial charge in [0.2, 0.25) is 0 Å². The maximum atomic E-state index is 11.6. The molecule has 0 bridgehead atoms. The zero-order valence-electron chi connectivity index (χ0n) is 8.53. The number of hydrogen-bond acceptors (Lipinski definition) is 3. The Morgan fingerprint density at radius 3 is 3.00 bits per heavy atom. The molecule has 0 aliphatic carbocycles. The first kappa shape index (κ1) is 12.3. The molecule has 0 radical (unpaired) electrons. The van der Waals surface area contributed by atoms with E-state index in [1.165, 1.54) is 18.2 Å². The average Bonchev–Trinajstić information content (AvgIpc) is 2.27. The SMILES string of the molecule is N#CCCCNC(=O)c1cc(Cl)ccc1O. The molecule has 1 amide bonds. The molecule has 0 saturated carbocycles. The highest BCUT2D eigenvalue weighted by Gasteiger charge is 2.10. The van der Waals surface area contributed by atoms with E-state index in [-0.39, 0.29) is 11.3 Å². The van der Waals surface area contributed by atoms with Gasteiger partial charge >= 0.3 is 0 Å². The highest BCUT2D eigenvalue weighted by atomic mass is 35.5. The van der Waals surface area contributed by atoms with Gasteiger partial charge in [-0.1, -0.05) is 11.6 Å². The number of rotatable bonds is 4. The number of phenolic OH excluding ortho intramolecular Hbond substituents is 1. The summed E-state index contributed by atoms with van der Waals surface area (Å²) < 4.78 is 0. The smallest absolute Gasteiger partial charge is 0.255 e. The second kappa shape index (κ2) is 5.99. The van der Waals surface area contributed by atoms with E-state index in [4.69, 9.17) is 16.9 Å². The Balaban J connectivity index is 2.59. The van der Waals surface area contributed by atoms with Gasteiger partial charge in [-0.25, -0.2) is 0 Å². The number of nitrogens with zero attached hydrogens (tertiary/aromatic N) is 1. The molecule has 0 aliphatic heterocycles. The minimum Gasteiger partial charge on any atom is -0.507 e. The number of nitrogens with one attached hydrogen (secondary N) is 1. The molecule has 0 aromatic heterocycles. The Labute approximate surface area is 98.5 Å². The van der Waals surface area contributed by atoms with Gasteiger partial charge in [-0.05, 0) is 24.6 Å². The van der Waals surface area contributed by atoms with Crippen molar-refractivity contribution in [3.05, 3.63) is 28.8 Å². The van der Waals surface area contributed by atoms with Crippen molar-refractivity contribution in [2.75, 3.05) is 6.54 Å². The molecule has 1 aromatic rings. The van der Waals surface area contributed by atoms with Crippen molar-refractivity contribution in [3.8, 4) is 11.8 Å². The molecule has 1 aromatic carbocycles. The topological polar surface area (TPSA) is 73.1 Å². The standard InChI is InChI=1S/C11H11ClN2O2/c12-8-3-4-10(15)9(7-8)11(16)14-6-2-1-5-13/h3-4,7,15H,1-2,6H2,(H,14,16). The van der Waals surface area contributed by atoms with Crippen molar-refractivity contribution in [1.29, 1.82) is 5.26 Å². The van der Waals surface area contributed by atoms with Gasteiger partial charge in [-0.2, -0.15) is 5.26 Å². The first-order valence-electron chi connectivity index (χ1n) is 4.79. The van der Waals surface area contributed by atoms with Crippen LogP contribution in [0.5, 0.6) is 5.75 Å². The molecule has 84 valence electrons. The Hall–Kier alpha value is -1.73. The summed E-state index contributed by atoms with van der Waals surface area (Å²) in [5.41, 5.74) is 0.143. The number of aromatic hydroxyl groups is 1. The van der Waals surface area contributed by atoms with E-state index in [1.807, 2.05) is 6.07 Å². The van der Waals surface area contributed by atoms with Crippen molar-refractivity contribution in [2.45, 2.75) is 12.8 Å². The number of halogens is 1. The minimum atomic E-state index is -0.391. The average molecular weight is 239 g/mol. The van der Waals surface area contributed by atoms with Crippen LogP contribution in [-0.4, -0.2) is 17.6 Å². The molecule has 16 heavy (non-hydrogen) atoms. The molecule has 0 saturated heterocycles. The molecular weight excluding hydrogens is 228 g/mol. The molecule has 4 nitrogen and oxygen atoms in total. The summed E-state index contributed by atoms with van der Waals surface area (Å²) >= 11 is 5.71. The molecule has 0 aliphatic rings. The number of amides is 1. The molecule has 0 spiro atoms. The van der Waals surface area contributed by atoms with Gasteiger partial charge in [0.15, 0.2) is 0 Å². The van der Waals surface area contributed by atoms with Gasteiger partial charge in [0.05, 0.1) is 11.6 Å². The van der Waals surface area contributed by atoms with Gasteiger partial charge in [0, 0.05) is 18.0 Å². The van der Waals surface area contributed by atoms with E-state index in [0.29, 0.717) is 24.4 Å². The van der Waals surface area contributed by atoms with Crippen molar-refractivity contribution in [2.24, 2.45) is 0 Å². The largest absolute Gasteiger partial charge is 0.507 e. The number of unbranched alkanes of at least 4 members (excludes halogenated alkanes) is 1. The third-order valence-electron chi connectivity index (χ3n) is 1.95. The van der Waals surface area contributed by atoms with Crippen LogP contribution in [0.1, 0.15) is 23.2 Å². The number of benzene rings is 1. The number of carbonyl (C=O) groups is 1. The van der Waals surface area contributed by atoms with E-state index < -0.39 is 5.91 Å². The van der Waals surface area contributed by atoms with Crippen molar-refractivity contribution in [1.82, 2.24) is 5.32 Å². The second-order valence-electron chi connectivity index (χ2n) is 3.18. The van der Waals surface area contributed by atoms with Crippen LogP contribution in [0, 0.1) is 11.3 Å². The maximum Gasteiger partial charge on any atom is 0.255 e. The van der Waals surface area contributed by atoms with E-state index in [0.717, 1.165) is 0 Å². The number of phenols is 1. The Morgan fingerprint density at radius 2 is 2.31 bits per heavy atom. The molecule has 5 heteroatoms. The first-order chi connectivity index (χ1) is 7.65. The van der Waals surface area contributed by atoms with Crippen molar-refractivity contribution in [3.63, 3.8) is 0 Å². The fraction of sp³-hybridized carbons (Fsp3) is 0.273. The predicted molar refractivity (Wildman–Crippen MR) is 60.3 cm³/mol. The van der Waals surface area contributed by atoms with Crippen LogP contribution in [0.25, 0.3) is 0 Å². The highest BCUT2D eigenvalue weighted by Crippen LogP contribution is 2.21. The third kappa shape index (κ3) is 3.44. The molecule has 2 N–H and O–H groups in total. The van der Waals surface area contributed by atoms with Gasteiger partial charge in [-0.15, -0.1) is 0 Å². The molecular formula is C11H11ClN2O2. The maximum absolute atomic E-state index is 11.6. The zero-order valence-corrected chi connectivity index (χ0v) is 9.29. The summed E-state index contributed by atoms with van der Waals surface area (Å²) in [6.07, 6.45) is 0.978. The summed E-state index contributed by atoms with van der Waals surface area (Å²) in [7, 11) is 0. The fourth-order valence-electron chi connectivity index (χ4n) is 1.15. The Kier molecular flexibility index (Phi) is 4.62. The Morgan fingerprint density at radius 1 is 1.56 bits per heavy atom. The number of hydrogen-bond donors (Lipinski definition) is 2. The summed E-state index contributed by atoms with van der Waals surface area (Å²) in [4.78, 5) is 11.6. The highest BCUT2D eigenvalue weighted by molar-refractivity contribution is 6.31. The van der Waals surface area contributed by atoms with Gasteiger partial charge in [-0.3, -0.25) is 4.79 Å². The van der Waals surface area contributed by atoms with Gasteiger partial charge in [0.25, 0.3) is 5.91 Å². The summed E-state index contributed by atoms with van der Waals surface area (Å²) in [6, 6.07) is 6.25. The summed E-state index contributed by atoms with van der Waals surface area (Å²) in [5.74, 6) is -0.500. The fourth-order valence-corrected chi connectivity index (χ4v) is 1.33. The molecule has 0 atom stereocenters. The van der Waals surface area contributed by atoms with Crippen LogP contribution in [0.2, 0.25) is 5.02 Å². The lowest BCUT2D eigenvalue weighted by Crippen LogP contribution is -2.24. The monoisotopic (exact) mass is 238 g/mol.